The number of hydrogen-bond acceptors (Lipinski definition) is 6. The van der Waals surface area contributed by atoms with Crippen molar-refractivity contribution in [1.29, 1.82) is 0 Å². The lowest BCUT2D eigenvalue weighted by Gasteiger charge is -2.31. The van der Waals surface area contributed by atoms with E-state index in [4.69, 9.17) is 16.1 Å². The van der Waals surface area contributed by atoms with Gasteiger partial charge < -0.3 is 9.84 Å². The molecule has 4 aromatic rings. The molecule has 0 radical (unpaired) electrons. The van der Waals surface area contributed by atoms with Gasteiger partial charge in [0.25, 0.3) is 0 Å². The lowest BCUT2D eigenvalue weighted by Crippen LogP contribution is -2.40. The van der Waals surface area contributed by atoms with Crippen LogP contribution in [0.2, 0.25) is 5.02 Å². The van der Waals surface area contributed by atoms with Crippen molar-refractivity contribution < 1.29 is 9.32 Å². The highest BCUT2D eigenvalue weighted by atomic mass is 35.5. The summed E-state index contributed by atoms with van der Waals surface area (Å²) in [6, 6.07) is 23.8. The molecular weight excluding hydrogens is 504 g/mol. The van der Waals surface area contributed by atoms with E-state index in [0.29, 0.717) is 24.8 Å². The van der Waals surface area contributed by atoms with Crippen molar-refractivity contribution in [1.82, 2.24) is 15.0 Å². The Bertz CT molecular complexity index is 1360. The van der Waals surface area contributed by atoms with E-state index in [9.17, 15) is 4.79 Å². The number of amides is 1. The molecular formula is C29H29ClN4O2S. The summed E-state index contributed by atoms with van der Waals surface area (Å²) in [6.07, 6.45) is 1.81. The molecule has 3 aromatic carbocycles. The molecule has 1 aliphatic heterocycles. The van der Waals surface area contributed by atoms with Crippen molar-refractivity contribution in [2.24, 2.45) is 5.92 Å². The van der Waals surface area contributed by atoms with Crippen LogP contribution < -0.4 is 5.32 Å². The summed E-state index contributed by atoms with van der Waals surface area (Å²) in [5.74, 6) is 1.93. The molecule has 1 amide bonds. The molecule has 8 heteroatoms. The molecule has 1 aromatic heterocycles. The first-order valence-corrected chi connectivity index (χ1v) is 13.8. The number of para-hydroxylation sites is 1. The van der Waals surface area contributed by atoms with Crippen molar-refractivity contribution in [2.75, 3.05) is 18.4 Å². The SMILES string of the molecule is Cc1ccccc1-c1noc(CN2CCCC(C(=O)Nc3ccccc3SCc3ccc(Cl)cc3)C2)n1. The molecule has 1 unspecified atom stereocenters. The zero-order valence-corrected chi connectivity index (χ0v) is 22.3. The van der Waals surface area contributed by atoms with E-state index in [0.717, 1.165) is 51.9 Å². The van der Waals surface area contributed by atoms with Gasteiger partial charge in [-0.1, -0.05) is 65.3 Å². The maximum Gasteiger partial charge on any atom is 0.241 e. The van der Waals surface area contributed by atoms with Gasteiger partial charge in [-0.25, -0.2) is 0 Å². The summed E-state index contributed by atoms with van der Waals surface area (Å²) in [7, 11) is 0. The average molecular weight is 533 g/mol. The van der Waals surface area contributed by atoms with Gasteiger partial charge in [-0.05, 0) is 61.7 Å². The number of carbonyl (C=O) groups is 1. The Labute approximate surface area is 226 Å². The molecule has 0 bridgehead atoms. The molecule has 1 aliphatic rings. The van der Waals surface area contributed by atoms with E-state index in [2.05, 4.69) is 20.4 Å². The molecule has 6 nitrogen and oxygen atoms in total. The Hall–Kier alpha value is -3.13. The van der Waals surface area contributed by atoms with Crippen LogP contribution in [0.5, 0.6) is 0 Å². The lowest BCUT2D eigenvalue weighted by atomic mass is 9.97. The van der Waals surface area contributed by atoms with Crippen LogP contribution in [0, 0.1) is 12.8 Å². The molecule has 0 spiro atoms. The maximum absolute atomic E-state index is 13.2. The van der Waals surface area contributed by atoms with Gasteiger partial charge in [0.2, 0.25) is 17.6 Å². The predicted molar refractivity (Wildman–Crippen MR) is 149 cm³/mol. The molecule has 190 valence electrons. The minimum absolute atomic E-state index is 0.0513. The Morgan fingerprint density at radius 2 is 1.89 bits per heavy atom. The number of piperidine rings is 1. The quantitative estimate of drug-likeness (QED) is 0.250. The Kier molecular flexibility index (Phi) is 8.24. The van der Waals surface area contributed by atoms with E-state index in [1.165, 1.54) is 5.56 Å². The van der Waals surface area contributed by atoms with Gasteiger partial charge in [-0.3, -0.25) is 9.69 Å². The fourth-order valence-electron chi connectivity index (χ4n) is 4.53. The van der Waals surface area contributed by atoms with Crippen LogP contribution in [0.1, 0.15) is 29.9 Å². The van der Waals surface area contributed by atoms with E-state index in [1.54, 1.807) is 11.8 Å². The van der Waals surface area contributed by atoms with Gasteiger partial charge in [0, 0.05) is 27.8 Å². The fraction of sp³-hybridized carbons (Fsp3) is 0.276. The summed E-state index contributed by atoms with van der Waals surface area (Å²) in [4.78, 5) is 21.1. The van der Waals surface area contributed by atoms with Crippen molar-refractivity contribution in [3.63, 3.8) is 0 Å². The maximum atomic E-state index is 13.2. The van der Waals surface area contributed by atoms with E-state index in [1.807, 2.05) is 79.7 Å². The summed E-state index contributed by atoms with van der Waals surface area (Å²) in [5.41, 5.74) is 4.12. The topological polar surface area (TPSA) is 71.3 Å². The number of nitrogens with zero attached hydrogens (tertiary/aromatic N) is 3. The number of hydrogen-bond donors (Lipinski definition) is 1. The molecule has 1 atom stereocenters. The first-order chi connectivity index (χ1) is 18.0. The smallest absolute Gasteiger partial charge is 0.241 e. The number of carbonyl (C=O) groups excluding carboxylic acids is 1. The molecule has 37 heavy (non-hydrogen) atoms. The Morgan fingerprint density at radius 3 is 2.73 bits per heavy atom. The van der Waals surface area contributed by atoms with Crippen molar-refractivity contribution in [3.05, 3.63) is 94.8 Å². The zero-order chi connectivity index (χ0) is 25.6. The number of aryl methyl sites for hydroxylation is 1. The van der Waals surface area contributed by atoms with Gasteiger partial charge in [0.1, 0.15) is 0 Å². The van der Waals surface area contributed by atoms with Gasteiger partial charge in [0.15, 0.2) is 0 Å². The largest absolute Gasteiger partial charge is 0.338 e. The van der Waals surface area contributed by atoms with Crippen LogP contribution in [-0.2, 0) is 17.1 Å². The van der Waals surface area contributed by atoms with Crippen LogP contribution in [0.25, 0.3) is 11.4 Å². The zero-order valence-electron chi connectivity index (χ0n) is 20.7. The highest BCUT2D eigenvalue weighted by Gasteiger charge is 2.27. The second-order valence-electron chi connectivity index (χ2n) is 9.30. The Balaban J connectivity index is 1.19. The summed E-state index contributed by atoms with van der Waals surface area (Å²) in [6.45, 7) is 4.14. The van der Waals surface area contributed by atoms with E-state index in [-0.39, 0.29) is 11.8 Å². The minimum Gasteiger partial charge on any atom is -0.338 e. The minimum atomic E-state index is -0.0955. The van der Waals surface area contributed by atoms with Crippen LogP contribution >= 0.6 is 23.4 Å². The number of nitrogens with one attached hydrogen (secondary N) is 1. The molecule has 0 saturated carbocycles. The third-order valence-corrected chi connectivity index (χ3v) is 7.94. The summed E-state index contributed by atoms with van der Waals surface area (Å²) in [5, 5.41) is 8.09. The number of likely N-dealkylation sites (tertiary alicyclic amines) is 1. The van der Waals surface area contributed by atoms with Gasteiger partial charge in [-0.2, -0.15) is 4.98 Å². The molecule has 2 heterocycles. The summed E-state index contributed by atoms with van der Waals surface area (Å²) >= 11 is 7.71. The predicted octanol–water partition coefficient (Wildman–Crippen LogP) is 6.84. The van der Waals surface area contributed by atoms with E-state index < -0.39 is 0 Å². The number of aromatic nitrogens is 2. The van der Waals surface area contributed by atoms with Gasteiger partial charge >= 0.3 is 0 Å². The van der Waals surface area contributed by atoms with Crippen LogP contribution in [-0.4, -0.2) is 34.0 Å². The monoisotopic (exact) mass is 532 g/mol. The first kappa shape index (κ1) is 25.5. The number of thioether (sulfide) groups is 1. The van der Waals surface area contributed by atoms with Gasteiger partial charge in [0.05, 0.1) is 18.2 Å². The number of benzene rings is 3. The van der Waals surface area contributed by atoms with Crippen LogP contribution in [0.15, 0.2) is 82.2 Å². The second-order valence-corrected chi connectivity index (χ2v) is 10.8. The number of anilines is 1. The molecule has 1 saturated heterocycles. The lowest BCUT2D eigenvalue weighted by molar-refractivity contribution is -0.121. The first-order valence-electron chi connectivity index (χ1n) is 12.4. The molecule has 0 aliphatic carbocycles. The van der Waals surface area contributed by atoms with Crippen molar-refractivity contribution in [2.45, 2.75) is 37.0 Å². The molecule has 1 N–H and O–H groups in total. The standard InChI is InChI=1S/C29H29ClN4O2S/c1-20-7-2-3-9-24(20)28-32-27(36-33-28)18-34-16-6-8-22(17-34)29(35)31-25-10-4-5-11-26(25)37-19-21-12-14-23(30)15-13-21/h2-5,7,9-15,22H,6,8,16-19H2,1H3,(H,31,35). The normalized spacial score (nSPS) is 16.0. The number of rotatable bonds is 8. The molecule has 5 rings (SSSR count). The Morgan fingerprint density at radius 1 is 1.11 bits per heavy atom. The molecule has 1 fully saturated rings. The van der Waals surface area contributed by atoms with Crippen LogP contribution in [0.4, 0.5) is 5.69 Å². The van der Waals surface area contributed by atoms with Crippen molar-refractivity contribution in [3.8, 4) is 11.4 Å². The second kappa shape index (κ2) is 11.9. The van der Waals surface area contributed by atoms with Crippen molar-refractivity contribution >= 4 is 35.0 Å². The average Bonchev–Trinajstić information content (AvgIpc) is 3.37. The van der Waals surface area contributed by atoms with Crippen LogP contribution in [0.3, 0.4) is 0 Å². The van der Waals surface area contributed by atoms with E-state index >= 15 is 0 Å². The fourth-order valence-corrected chi connectivity index (χ4v) is 5.62. The highest BCUT2D eigenvalue weighted by molar-refractivity contribution is 7.98. The third kappa shape index (κ3) is 6.60. The van der Waals surface area contributed by atoms with Gasteiger partial charge in [-0.15, -0.1) is 11.8 Å². The third-order valence-electron chi connectivity index (χ3n) is 6.54. The number of halogens is 1. The summed E-state index contributed by atoms with van der Waals surface area (Å²) < 4.78 is 5.54. The highest BCUT2D eigenvalue weighted by Crippen LogP contribution is 2.31.